The number of aromatic nitrogens is 3. The van der Waals surface area contributed by atoms with Crippen molar-refractivity contribution in [3.05, 3.63) is 47.7 Å². The molecule has 0 amide bonds. The van der Waals surface area contributed by atoms with Gasteiger partial charge in [0, 0.05) is 54.9 Å². The Balaban J connectivity index is 1.65. The van der Waals surface area contributed by atoms with Gasteiger partial charge in [-0.15, -0.1) is 0 Å². The Morgan fingerprint density at radius 2 is 1.88 bits per heavy atom. The first-order valence-corrected chi connectivity index (χ1v) is 11.4. The summed E-state index contributed by atoms with van der Waals surface area (Å²) >= 11 is 6.59. The smallest absolute Gasteiger partial charge is 0.164 e. The summed E-state index contributed by atoms with van der Waals surface area (Å²) in [6.45, 7) is 1.74. The minimum Gasteiger partial charge on any atom is -0.494 e. The van der Waals surface area contributed by atoms with E-state index in [1.807, 2.05) is 31.4 Å². The minimum absolute atomic E-state index is 0.402. The molecule has 8 nitrogen and oxygen atoms in total. The fourth-order valence-corrected chi connectivity index (χ4v) is 4.73. The Morgan fingerprint density at radius 3 is 2.59 bits per heavy atom. The number of likely N-dealkylation sites (N-methyl/N-ethyl adjacent to an activating group) is 1. The van der Waals surface area contributed by atoms with Gasteiger partial charge in [0.15, 0.2) is 5.82 Å². The maximum Gasteiger partial charge on any atom is 0.164 e. The molecule has 5 rings (SSSR count). The number of nitrogen functional groups attached to an aromatic ring is 2. The summed E-state index contributed by atoms with van der Waals surface area (Å²) in [5.41, 5.74) is 18.2. The van der Waals surface area contributed by atoms with Gasteiger partial charge >= 0.3 is 0 Å². The maximum absolute atomic E-state index is 6.69. The van der Waals surface area contributed by atoms with Crippen LogP contribution in [-0.2, 0) is 7.05 Å². The van der Waals surface area contributed by atoms with Crippen molar-refractivity contribution >= 4 is 39.6 Å². The van der Waals surface area contributed by atoms with Crippen LogP contribution in [-0.4, -0.2) is 59.8 Å². The lowest BCUT2D eigenvalue weighted by Gasteiger charge is -2.45. The van der Waals surface area contributed by atoms with Crippen molar-refractivity contribution in [3.63, 3.8) is 0 Å². The molecule has 0 aliphatic carbocycles. The van der Waals surface area contributed by atoms with Crippen molar-refractivity contribution in [1.82, 2.24) is 19.4 Å². The highest BCUT2D eigenvalue weighted by Crippen LogP contribution is 2.45. The number of hydrogen-bond donors (Lipinski definition) is 2. The molecule has 34 heavy (non-hydrogen) atoms. The summed E-state index contributed by atoms with van der Waals surface area (Å²) in [6.07, 6.45) is 3.62. The lowest BCUT2D eigenvalue weighted by Crippen LogP contribution is -2.57. The molecule has 1 aliphatic heterocycles. The predicted octanol–water partition coefficient (Wildman–Crippen LogP) is 3.88. The van der Waals surface area contributed by atoms with E-state index in [4.69, 9.17) is 32.8 Å². The van der Waals surface area contributed by atoms with E-state index in [1.165, 1.54) is 0 Å². The highest BCUT2D eigenvalue weighted by atomic mass is 35.5. The third-order valence-corrected chi connectivity index (χ3v) is 6.90. The number of methoxy groups -OCH3 is 1. The van der Waals surface area contributed by atoms with Crippen LogP contribution in [0.4, 0.5) is 17.1 Å². The second kappa shape index (κ2) is 8.38. The number of rotatable bonds is 5. The molecule has 0 unspecified atom stereocenters. The van der Waals surface area contributed by atoms with Crippen molar-refractivity contribution in [3.8, 4) is 28.4 Å². The monoisotopic (exact) mass is 477 g/mol. The van der Waals surface area contributed by atoms with Gasteiger partial charge in [0.1, 0.15) is 5.75 Å². The number of hydrogen-bond acceptors (Lipinski definition) is 7. The fraction of sp³-hybridized carbons (Fsp3) is 0.280. The van der Waals surface area contributed by atoms with Gasteiger partial charge in [0.2, 0.25) is 0 Å². The van der Waals surface area contributed by atoms with Gasteiger partial charge in [-0.25, -0.2) is 9.97 Å². The van der Waals surface area contributed by atoms with E-state index in [9.17, 15) is 0 Å². The van der Waals surface area contributed by atoms with Crippen LogP contribution in [0.15, 0.2) is 42.7 Å². The van der Waals surface area contributed by atoms with E-state index < -0.39 is 0 Å². The topological polar surface area (TPSA) is 98.5 Å². The molecular weight excluding hydrogens is 450 g/mol. The quantitative estimate of drug-likeness (QED) is 0.421. The summed E-state index contributed by atoms with van der Waals surface area (Å²) in [5, 5.41) is 1.51. The first-order chi connectivity index (χ1) is 16.3. The zero-order valence-electron chi connectivity index (χ0n) is 19.7. The van der Waals surface area contributed by atoms with Crippen LogP contribution in [0, 0.1) is 0 Å². The van der Waals surface area contributed by atoms with Crippen LogP contribution < -0.4 is 21.1 Å². The Morgan fingerprint density at radius 1 is 1.15 bits per heavy atom. The minimum atomic E-state index is 0.402. The SMILES string of the molecule is COc1cc(N2CC(N(C)C)C2)c(N)c(-c2ncc(Cl)c(-c3cn(C)c4ccccc34)n2)c1N. The molecule has 1 aliphatic rings. The maximum atomic E-state index is 6.69. The number of aryl methyl sites for hydroxylation is 1. The molecule has 176 valence electrons. The van der Waals surface area contributed by atoms with Crippen LogP contribution in [0.25, 0.3) is 33.5 Å². The van der Waals surface area contributed by atoms with Crippen LogP contribution in [0.2, 0.25) is 5.02 Å². The third kappa shape index (κ3) is 3.50. The molecule has 0 saturated carbocycles. The molecule has 4 aromatic rings. The summed E-state index contributed by atoms with van der Waals surface area (Å²) in [6, 6.07) is 10.5. The Bertz CT molecular complexity index is 1390. The van der Waals surface area contributed by atoms with Gasteiger partial charge in [-0.1, -0.05) is 29.8 Å². The molecule has 2 aromatic carbocycles. The average molecular weight is 478 g/mol. The number of para-hydroxylation sites is 1. The number of halogens is 1. The average Bonchev–Trinajstić information content (AvgIpc) is 3.11. The molecule has 4 N–H and O–H groups in total. The fourth-order valence-electron chi connectivity index (χ4n) is 4.53. The Hall–Kier alpha value is -3.49. The summed E-state index contributed by atoms with van der Waals surface area (Å²) in [7, 11) is 7.76. The molecular formula is C25H28ClN7O. The van der Waals surface area contributed by atoms with Gasteiger partial charge in [-0.2, -0.15) is 0 Å². The van der Waals surface area contributed by atoms with Crippen molar-refractivity contribution in [2.75, 3.05) is 50.7 Å². The van der Waals surface area contributed by atoms with Gasteiger partial charge in [0.25, 0.3) is 0 Å². The number of fused-ring (bicyclic) bond motifs is 1. The summed E-state index contributed by atoms with van der Waals surface area (Å²) < 4.78 is 7.65. The molecule has 1 saturated heterocycles. The second-order valence-electron chi connectivity index (χ2n) is 8.88. The van der Waals surface area contributed by atoms with E-state index in [-0.39, 0.29) is 0 Å². The highest BCUT2D eigenvalue weighted by Gasteiger charge is 2.32. The first-order valence-electron chi connectivity index (χ1n) is 11.0. The van der Waals surface area contributed by atoms with Crippen LogP contribution >= 0.6 is 11.6 Å². The third-order valence-electron chi connectivity index (χ3n) is 6.62. The van der Waals surface area contributed by atoms with Crippen LogP contribution in [0.1, 0.15) is 0 Å². The number of anilines is 3. The van der Waals surface area contributed by atoms with Gasteiger partial charge in [-0.05, 0) is 20.2 Å². The summed E-state index contributed by atoms with van der Waals surface area (Å²) in [5.74, 6) is 0.949. The predicted molar refractivity (Wildman–Crippen MR) is 139 cm³/mol. The van der Waals surface area contributed by atoms with E-state index in [0.717, 1.165) is 35.2 Å². The lowest BCUT2D eigenvalue weighted by atomic mass is 10.0. The molecule has 3 heterocycles. The molecule has 0 atom stereocenters. The number of nitrogens with two attached hydrogens (primary N) is 2. The highest BCUT2D eigenvalue weighted by molar-refractivity contribution is 6.33. The Labute approximate surface area is 203 Å². The lowest BCUT2D eigenvalue weighted by molar-refractivity contribution is 0.247. The van der Waals surface area contributed by atoms with Crippen molar-refractivity contribution < 1.29 is 4.74 Å². The molecule has 0 spiro atoms. The summed E-state index contributed by atoms with van der Waals surface area (Å²) in [4.78, 5) is 13.8. The van der Waals surface area contributed by atoms with Crippen LogP contribution in [0.5, 0.6) is 5.75 Å². The molecule has 1 fully saturated rings. The zero-order valence-corrected chi connectivity index (χ0v) is 20.5. The Kier molecular flexibility index (Phi) is 5.50. The van der Waals surface area contributed by atoms with Gasteiger partial charge < -0.3 is 30.6 Å². The number of benzene rings is 2. The van der Waals surface area contributed by atoms with E-state index >= 15 is 0 Å². The van der Waals surface area contributed by atoms with Gasteiger partial charge in [-0.3, -0.25) is 0 Å². The molecule has 9 heteroatoms. The van der Waals surface area contributed by atoms with Crippen molar-refractivity contribution in [2.24, 2.45) is 7.05 Å². The number of nitrogens with zero attached hydrogens (tertiary/aromatic N) is 5. The first kappa shape index (κ1) is 22.3. The molecule has 0 radical (unpaired) electrons. The largest absolute Gasteiger partial charge is 0.494 e. The van der Waals surface area contributed by atoms with Crippen molar-refractivity contribution in [2.45, 2.75) is 6.04 Å². The normalized spacial score (nSPS) is 14.1. The van der Waals surface area contributed by atoms with E-state index in [0.29, 0.717) is 45.3 Å². The molecule has 0 bridgehead atoms. The van der Waals surface area contributed by atoms with Gasteiger partial charge in [0.05, 0.1) is 46.6 Å². The van der Waals surface area contributed by atoms with Crippen molar-refractivity contribution in [1.29, 1.82) is 0 Å². The zero-order chi connectivity index (χ0) is 24.1. The van der Waals surface area contributed by atoms with Crippen LogP contribution in [0.3, 0.4) is 0 Å². The second-order valence-corrected chi connectivity index (χ2v) is 9.29. The standard InChI is InChI=1S/C25H28ClN7O/c1-31(2)14-11-33(12-14)19-9-20(34-4)23(28)21(22(19)27)25-29-10-17(26)24(30-25)16-13-32(3)18-8-6-5-7-15(16)18/h5-10,13-14H,11-12,27-28H2,1-4H3. The van der Waals surface area contributed by atoms with E-state index in [1.54, 1.807) is 13.3 Å². The molecule has 2 aromatic heterocycles. The number of ether oxygens (including phenoxy) is 1. The van der Waals surface area contributed by atoms with E-state index in [2.05, 4.69) is 45.6 Å².